The Bertz CT molecular complexity index is 1020. The van der Waals surface area contributed by atoms with E-state index >= 15 is 0 Å². The quantitative estimate of drug-likeness (QED) is 0.482. The highest BCUT2D eigenvalue weighted by atomic mass is 32.2. The van der Waals surface area contributed by atoms with Crippen molar-refractivity contribution in [3.63, 3.8) is 0 Å². The van der Waals surface area contributed by atoms with Crippen LogP contribution in [0.1, 0.15) is 58.2 Å². The third-order valence-electron chi connectivity index (χ3n) is 5.70. The van der Waals surface area contributed by atoms with E-state index in [1.165, 1.54) is 22.4 Å². The van der Waals surface area contributed by atoms with Crippen LogP contribution in [0, 0.1) is 6.92 Å². The van der Waals surface area contributed by atoms with E-state index in [2.05, 4.69) is 111 Å². The lowest BCUT2D eigenvalue weighted by Crippen LogP contribution is -2.30. The molecule has 0 aliphatic carbocycles. The van der Waals surface area contributed by atoms with Gasteiger partial charge in [-0.3, -0.25) is 4.57 Å². The summed E-state index contributed by atoms with van der Waals surface area (Å²) in [6, 6.07) is 15.7. The average molecular weight is 421 g/mol. The van der Waals surface area contributed by atoms with Gasteiger partial charge in [-0.2, -0.15) is 0 Å². The van der Waals surface area contributed by atoms with E-state index in [-0.39, 0.29) is 10.8 Å². The topological polar surface area (TPSA) is 34.0 Å². The van der Waals surface area contributed by atoms with Gasteiger partial charge in [0.25, 0.3) is 0 Å². The smallest absolute Gasteiger partial charge is 0.194 e. The molecular formula is C25H32N4S. The van der Waals surface area contributed by atoms with Crippen LogP contribution in [-0.4, -0.2) is 20.6 Å². The molecule has 158 valence electrons. The van der Waals surface area contributed by atoms with Gasteiger partial charge in [-0.25, -0.2) is 0 Å². The van der Waals surface area contributed by atoms with E-state index < -0.39 is 0 Å². The van der Waals surface area contributed by atoms with Crippen LogP contribution in [0.4, 0.5) is 5.69 Å². The average Bonchev–Trinajstić information content (AvgIpc) is 3.10. The van der Waals surface area contributed by atoms with Crippen molar-refractivity contribution in [2.45, 2.75) is 71.1 Å². The minimum Gasteiger partial charge on any atom is -0.344 e. The summed E-state index contributed by atoms with van der Waals surface area (Å²) in [5.41, 5.74) is 6.48. The number of anilines is 1. The third-order valence-corrected chi connectivity index (χ3v) is 6.70. The first-order valence-corrected chi connectivity index (χ1v) is 11.5. The summed E-state index contributed by atoms with van der Waals surface area (Å²) in [7, 11) is 0. The Morgan fingerprint density at radius 3 is 2.00 bits per heavy atom. The second kappa shape index (κ2) is 7.45. The van der Waals surface area contributed by atoms with Gasteiger partial charge in [0, 0.05) is 11.3 Å². The third kappa shape index (κ3) is 4.13. The largest absolute Gasteiger partial charge is 0.344 e. The highest BCUT2D eigenvalue weighted by Gasteiger charge is 2.26. The van der Waals surface area contributed by atoms with Crippen molar-refractivity contribution in [1.29, 1.82) is 0 Å². The standard InChI is InChI=1S/C25H32N4S/c1-17-8-10-21(11-9-17)28-15-29-22(26-27-23(29)30-16-28)18-12-19(24(2,3)4)14-20(13-18)25(5,6)7/h8-14H,15-16H2,1-7H3. The van der Waals surface area contributed by atoms with Crippen molar-refractivity contribution in [3.05, 3.63) is 59.2 Å². The molecule has 0 amide bonds. The fourth-order valence-electron chi connectivity index (χ4n) is 3.62. The number of rotatable bonds is 2. The second-order valence-corrected chi connectivity index (χ2v) is 11.2. The van der Waals surface area contributed by atoms with E-state index in [1.807, 2.05) is 0 Å². The molecule has 0 unspecified atom stereocenters. The molecule has 1 aliphatic heterocycles. The van der Waals surface area contributed by atoms with Gasteiger partial charge < -0.3 is 4.90 Å². The van der Waals surface area contributed by atoms with Crippen LogP contribution in [0.15, 0.2) is 47.6 Å². The number of hydrogen-bond acceptors (Lipinski definition) is 4. The van der Waals surface area contributed by atoms with Gasteiger partial charge in [0.2, 0.25) is 0 Å². The maximum absolute atomic E-state index is 4.62. The van der Waals surface area contributed by atoms with Crippen molar-refractivity contribution in [2.24, 2.45) is 0 Å². The minimum atomic E-state index is 0.0729. The van der Waals surface area contributed by atoms with Crippen LogP contribution in [0.25, 0.3) is 11.4 Å². The first-order chi connectivity index (χ1) is 14.0. The van der Waals surface area contributed by atoms with Crippen molar-refractivity contribution in [1.82, 2.24) is 14.8 Å². The maximum atomic E-state index is 4.62. The van der Waals surface area contributed by atoms with Crippen LogP contribution in [-0.2, 0) is 17.5 Å². The van der Waals surface area contributed by atoms with Crippen LogP contribution >= 0.6 is 11.8 Å². The highest BCUT2D eigenvalue weighted by molar-refractivity contribution is 7.99. The second-order valence-electron chi connectivity index (χ2n) is 10.3. The summed E-state index contributed by atoms with van der Waals surface area (Å²) in [5, 5.41) is 10.1. The maximum Gasteiger partial charge on any atom is 0.194 e. The monoisotopic (exact) mass is 420 g/mol. The fourth-order valence-corrected chi connectivity index (χ4v) is 4.52. The molecule has 2 heterocycles. The molecule has 1 aromatic heterocycles. The van der Waals surface area contributed by atoms with Gasteiger partial charge in [-0.15, -0.1) is 10.2 Å². The lowest BCUT2D eigenvalue weighted by Gasteiger charge is -2.30. The van der Waals surface area contributed by atoms with Crippen molar-refractivity contribution >= 4 is 17.4 Å². The Morgan fingerprint density at radius 1 is 0.833 bits per heavy atom. The fraction of sp³-hybridized carbons (Fsp3) is 0.440. The Kier molecular flexibility index (Phi) is 5.21. The minimum absolute atomic E-state index is 0.0729. The molecule has 0 spiro atoms. The molecule has 2 aromatic carbocycles. The summed E-state index contributed by atoms with van der Waals surface area (Å²) in [6.07, 6.45) is 0. The summed E-state index contributed by atoms with van der Waals surface area (Å²) < 4.78 is 2.25. The van der Waals surface area contributed by atoms with Gasteiger partial charge in [0.05, 0.1) is 12.5 Å². The van der Waals surface area contributed by atoms with E-state index in [9.17, 15) is 0 Å². The molecule has 0 radical (unpaired) electrons. The number of nitrogens with zero attached hydrogens (tertiary/aromatic N) is 4. The molecule has 0 N–H and O–H groups in total. The molecule has 0 saturated carbocycles. The first kappa shape index (κ1) is 21.0. The van der Waals surface area contributed by atoms with Crippen molar-refractivity contribution in [3.8, 4) is 11.4 Å². The lowest BCUT2D eigenvalue weighted by molar-refractivity contribution is 0.568. The van der Waals surface area contributed by atoms with Gasteiger partial charge in [0.1, 0.15) is 0 Å². The lowest BCUT2D eigenvalue weighted by atomic mass is 9.79. The predicted octanol–water partition coefficient (Wildman–Crippen LogP) is 6.38. The van der Waals surface area contributed by atoms with Crippen LogP contribution < -0.4 is 4.90 Å². The van der Waals surface area contributed by atoms with E-state index in [1.54, 1.807) is 11.8 Å². The Labute approximate surface area is 184 Å². The normalized spacial score (nSPS) is 14.7. The molecular weight excluding hydrogens is 388 g/mol. The summed E-state index contributed by atoms with van der Waals surface area (Å²) in [4.78, 5) is 2.38. The van der Waals surface area contributed by atoms with Crippen LogP contribution in [0.5, 0.6) is 0 Å². The number of aryl methyl sites for hydroxylation is 1. The zero-order valence-electron chi connectivity index (χ0n) is 19.2. The van der Waals surface area contributed by atoms with Gasteiger partial charge >= 0.3 is 0 Å². The zero-order chi connectivity index (χ0) is 21.7. The van der Waals surface area contributed by atoms with Crippen molar-refractivity contribution < 1.29 is 0 Å². The summed E-state index contributed by atoms with van der Waals surface area (Å²) >= 11 is 1.75. The molecule has 3 aromatic rings. The molecule has 0 saturated heterocycles. The van der Waals surface area contributed by atoms with E-state index in [4.69, 9.17) is 0 Å². The molecule has 0 fully saturated rings. The molecule has 0 atom stereocenters. The van der Waals surface area contributed by atoms with Crippen LogP contribution in [0.2, 0.25) is 0 Å². The predicted molar refractivity (Wildman–Crippen MR) is 127 cm³/mol. The Morgan fingerprint density at radius 2 is 1.43 bits per heavy atom. The van der Waals surface area contributed by atoms with E-state index in [0.29, 0.717) is 0 Å². The Hall–Kier alpha value is -2.27. The molecule has 1 aliphatic rings. The highest BCUT2D eigenvalue weighted by Crippen LogP contribution is 2.36. The number of hydrogen-bond donors (Lipinski definition) is 0. The molecule has 4 nitrogen and oxygen atoms in total. The number of thioether (sulfide) groups is 1. The van der Waals surface area contributed by atoms with Gasteiger partial charge in [0.15, 0.2) is 11.0 Å². The summed E-state index contributed by atoms with van der Waals surface area (Å²) in [6.45, 7) is 16.5. The molecule has 4 rings (SSSR count). The number of benzene rings is 2. The number of aromatic nitrogens is 3. The van der Waals surface area contributed by atoms with Gasteiger partial charge in [-0.1, -0.05) is 77.1 Å². The molecule has 30 heavy (non-hydrogen) atoms. The molecule has 5 heteroatoms. The molecule has 0 bridgehead atoms. The van der Waals surface area contributed by atoms with E-state index in [0.717, 1.165) is 29.1 Å². The Balaban J connectivity index is 1.77. The zero-order valence-corrected chi connectivity index (χ0v) is 20.0. The summed E-state index contributed by atoms with van der Waals surface area (Å²) in [5.74, 6) is 1.84. The number of fused-ring (bicyclic) bond motifs is 1. The van der Waals surface area contributed by atoms with Crippen LogP contribution in [0.3, 0.4) is 0 Å². The first-order valence-electron chi connectivity index (χ1n) is 10.6. The van der Waals surface area contributed by atoms with Gasteiger partial charge in [-0.05, 0) is 53.1 Å². The van der Waals surface area contributed by atoms with Crippen molar-refractivity contribution in [2.75, 3.05) is 10.8 Å². The SMILES string of the molecule is Cc1ccc(N2CSc3nnc(-c4cc(C(C)(C)C)cc(C(C)(C)C)c4)n3C2)cc1.